The maximum Gasteiger partial charge on any atom is 0.159 e. The molecule has 2 rings (SSSR count). The molecule has 1 saturated heterocycles. The van der Waals surface area contributed by atoms with Gasteiger partial charge in [0, 0.05) is 42.8 Å². The van der Waals surface area contributed by atoms with Gasteiger partial charge in [-0.2, -0.15) is 0 Å². The molecular weight excluding hydrogens is 252 g/mol. The first kappa shape index (κ1) is 15.0. The van der Waals surface area contributed by atoms with Gasteiger partial charge in [0.25, 0.3) is 0 Å². The van der Waals surface area contributed by atoms with E-state index in [1.165, 1.54) is 0 Å². The van der Waals surface area contributed by atoms with Crippen molar-refractivity contribution in [2.75, 3.05) is 20.2 Å². The monoisotopic (exact) mass is 276 g/mol. The van der Waals surface area contributed by atoms with Crippen LogP contribution >= 0.6 is 0 Å². The number of carbonyl (C=O) groups excluding carboxylic acids is 1. The van der Waals surface area contributed by atoms with E-state index in [1.54, 1.807) is 14.0 Å². The second-order valence-corrected chi connectivity index (χ2v) is 5.75. The highest BCUT2D eigenvalue weighted by atomic mass is 16.5. The molecule has 1 N–H and O–H groups in total. The number of ketones is 1. The van der Waals surface area contributed by atoms with Crippen molar-refractivity contribution < 1.29 is 9.53 Å². The van der Waals surface area contributed by atoms with Gasteiger partial charge in [0.15, 0.2) is 5.78 Å². The van der Waals surface area contributed by atoms with E-state index in [4.69, 9.17) is 4.74 Å². The van der Waals surface area contributed by atoms with E-state index in [1.807, 2.05) is 18.2 Å². The number of hydrogen-bond donors (Lipinski definition) is 1. The molecule has 1 aliphatic heterocycles. The smallest absolute Gasteiger partial charge is 0.159 e. The largest absolute Gasteiger partial charge is 0.496 e. The van der Waals surface area contributed by atoms with Gasteiger partial charge < -0.3 is 10.1 Å². The van der Waals surface area contributed by atoms with Crippen molar-refractivity contribution in [3.63, 3.8) is 0 Å². The van der Waals surface area contributed by atoms with Crippen molar-refractivity contribution in [3.8, 4) is 5.75 Å². The Balaban J connectivity index is 2.18. The first-order chi connectivity index (χ1) is 9.49. The number of nitrogens with one attached hydrogen (secondary N) is 1. The maximum atomic E-state index is 11.5. The molecule has 0 bridgehead atoms. The summed E-state index contributed by atoms with van der Waals surface area (Å²) in [5.41, 5.74) is 1.83. The Morgan fingerprint density at radius 2 is 2.00 bits per heavy atom. The minimum Gasteiger partial charge on any atom is -0.496 e. The van der Waals surface area contributed by atoms with Crippen molar-refractivity contribution in [3.05, 3.63) is 29.3 Å². The molecular formula is C16H24N2O2. The molecule has 4 nitrogen and oxygen atoms in total. The Kier molecular flexibility index (Phi) is 4.78. The Hall–Kier alpha value is -1.39. The van der Waals surface area contributed by atoms with E-state index in [-0.39, 0.29) is 5.78 Å². The molecule has 20 heavy (non-hydrogen) atoms. The molecule has 0 aromatic heterocycles. The second-order valence-electron chi connectivity index (χ2n) is 5.75. The van der Waals surface area contributed by atoms with E-state index in [2.05, 4.69) is 24.1 Å². The molecule has 1 aromatic rings. The third-order valence-electron chi connectivity index (χ3n) is 3.71. The number of carbonyl (C=O) groups is 1. The summed E-state index contributed by atoms with van der Waals surface area (Å²) < 4.78 is 5.42. The molecule has 2 atom stereocenters. The van der Waals surface area contributed by atoms with E-state index in [0.717, 1.165) is 36.5 Å². The van der Waals surface area contributed by atoms with E-state index >= 15 is 0 Å². The lowest BCUT2D eigenvalue weighted by molar-refractivity contribution is 0.101. The number of methoxy groups -OCH3 is 1. The lowest BCUT2D eigenvalue weighted by Gasteiger charge is -2.36. The molecule has 0 saturated carbocycles. The Morgan fingerprint density at radius 1 is 1.35 bits per heavy atom. The summed E-state index contributed by atoms with van der Waals surface area (Å²) >= 11 is 0. The van der Waals surface area contributed by atoms with E-state index in [9.17, 15) is 4.79 Å². The maximum absolute atomic E-state index is 11.5. The Morgan fingerprint density at radius 3 is 2.55 bits per heavy atom. The number of ether oxygens (including phenoxy) is 1. The lowest BCUT2D eigenvalue weighted by atomic mass is 10.0. The molecule has 1 fully saturated rings. The number of hydrogen-bond acceptors (Lipinski definition) is 4. The summed E-state index contributed by atoms with van der Waals surface area (Å²) in [6, 6.07) is 6.65. The van der Waals surface area contributed by atoms with Gasteiger partial charge in [-0.1, -0.05) is 0 Å². The first-order valence-electron chi connectivity index (χ1n) is 7.16. The van der Waals surface area contributed by atoms with E-state index < -0.39 is 0 Å². The van der Waals surface area contributed by atoms with Gasteiger partial charge in [0.05, 0.1) is 7.11 Å². The first-order valence-corrected chi connectivity index (χ1v) is 7.16. The van der Waals surface area contributed by atoms with Crippen LogP contribution in [0.3, 0.4) is 0 Å². The number of nitrogens with zero attached hydrogens (tertiary/aromatic N) is 1. The molecule has 0 aliphatic carbocycles. The predicted octanol–water partition coefficient (Wildman–Crippen LogP) is 2.08. The Labute approximate surface area is 121 Å². The van der Waals surface area contributed by atoms with Crippen LogP contribution in [-0.4, -0.2) is 43.0 Å². The van der Waals surface area contributed by atoms with Crippen LogP contribution in [0, 0.1) is 0 Å². The molecule has 4 heteroatoms. The molecule has 0 amide bonds. The van der Waals surface area contributed by atoms with Crippen LogP contribution in [0.25, 0.3) is 0 Å². The highest BCUT2D eigenvalue weighted by molar-refractivity contribution is 5.94. The van der Waals surface area contributed by atoms with Gasteiger partial charge in [-0.05, 0) is 39.0 Å². The van der Waals surface area contributed by atoms with Crippen LogP contribution in [0.4, 0.5) is 0 Å². The van der Waals surface area contributed by atoms with E-state index in [0.29, 0.717) is 12.1 Å². The standard InChI is InChI=1S/C16H24N2O2/c1-11-8-18(9-12(2)17-11)10-15-7-14(13(3)19)5-6-16(15)20-4/h5-7,11-12,17H,8-10H2,1-4H3. The highest BCUT2D eigenvalue weighted by Gasteiger charge is 2.22. The predicted molar refractivity (Wildman–Crippen MR) is 80.3 cm³/mol. The van der Waals surface area contributed by atoms with Crippen LogP contribution in [0.15, 0.2) is 18.2 Å². The third-order valence-corrected chi connectivity index (χ3v) is 3.71. The fraction of sp³-hybridized carbons (Fsp3) is 0.562. The summed E-state index contributed by atoms with van der Waals surface area (Å²) in [5, 5.41) is 3.53. The van der Waals surface area contributed by atoms with Crippen molar-refractivity contribution >= 4 is 5.78 Å². The quantitative estimate of drug-likeness (QED) is 0.855. The van der Waals surface area contributed by atoms with Gasteiger partial charge in [-0.15, -0.1) is 0 Å². The Bertz CT molecular complexity index is 477. The SMILES string of the molecule is COc1ccc(C(C)=O)cc1CN1CC(C)NC(C)C1. The zero-order valence-corrected chi connectivity index (χ0v) is 12.8. The molecule has 1 aliphatic rings. The zero-order chi connectivity index (χ0) is 14.7. The summed E-state index contributed by atoms with van der Waals surface area (Å²) in [5.74, 6) is 0.949. The fourth-order valence-corrected chi connectivity index (χ4v) is 2.93. The van der Waals surface area contributed by atoms with Crippen LogP contribution in [0.2, 0.25) is 0 Å². The normalized spacial score (nSPS) is 23.6. The molecule has 0 spiro atoms. The number of Topliss-reactive ketones (excluding diaryl/α,β-unsaturated/α-hetero) is 1. The highest BCUT2D eigenvalue weighted by Crippen LogP contribution is 2.23. The average Bonchev–Trinajstić information content (AvgIpc) is 2.37. The van der Waals surface area contributed by atoms with Crippen LogP contribution in [-0.2, 0) is 6.54 Å². The lowest BCUT2D eigenvalue weighted by Crippen LogP contribution is -2.53. The second kappa shape index (κ2) is 6.37. The van der Waals surface area contributed by atoms with Gasteiger partial charge in [0.1, 0.15) is 5.75 Å². The zero-order valence-electron chi connectivity index (χ0n) is 12.8. The average molecular weight is 276 g/mol. The molecule has 110 valence electrons. The number of benzene rings is 1. The molecule has 1 heterocycles. The summed E-state index contributed by atoms with van der Waals surface area (Å²) in [4.78, 5) is 13.9. The fourth-order valence-electron chi connectivity index (χ4n) is 2.93. The summed E-state index contributed by atoms with van der Waals surface area (Å²) in [6.45, 7) is 8.84. The van der Waals surface area contributed by atoms with Gasteiger partial charge in [-0.25, -0.2) is 0 Å². The van der Waals surface area contributed by atoms with Gasteiger partial charge in [0.2, 0.25) is 0 Å². The molecule has 2 unspecified atom stereocenters. The summed E-state index contributed by atoms with van der Waals surface area (Å²) in [7, 11) is 1.68. The molecule has 1 aromatic carbocycles. The van der Waals surface area contributed by atoms with Crippen molar-refractivity contribution in [2.24, 2.45) is 0 Å². The third kappa shape index (κ3) is 3.58. The van der Waals surface area contributed by atoms with Crippen LogP contribution in [0.5, 0.6) is 5.75 Å². The minimum absolute atomic E-state index is 0.0935. The number of rotatable bonds is 4. The van der Waals surface area contributed by atoms with Crippen molar-refractivity contribution in [1.82, 2.24) is 10.2 Å². The van der Waals surface area contributed by atoms with Crippen molar-refractivity contribution in [1.29, 1.82) is 0 Å². The summed E-state index contributed by atoms with van der Waals surface area (Å²) in [6.07, 6.45) is 0. The van der Waals surface area contributed by atoms with Gasteiger partial charge >= 0.3 is 0 Å². The van der Waals surface area contributed by atoms with Crippen molar-refractivity contribution in [2.45, 2.75) is 39.4 Å². The number of piperazine rings is 1. The molecule has 0 radical (unpaired) electrons. The minimum atomic E-state index is 0.0935. The van der Waals surface area contributed by atoms with Gasteiger partial charge in [-0.3, -0.25) is 9.69 Å². The van der Waals surface area contributed by atoms with Crippen LogP contribution in [0.1, 0.15) is 36.7 Å². The van der Waals surface area contributed by atoms with Crippen LogP contribution < -0.4 is 10.1 Å². The topological polar surface area (TPSA) is 41.6 Å².